The molecule has 1 aromatic heterocycles. The highest BCUT2D eigenvalue weighted by Gasteiger charge is 2.06. The molecule has 0 bridgehead atoms. The van der Waals surface area contributed by atoms with Crippen LogP contribution in [0.3, 0.4) is 0 Å². The first-order valence-electron chi connectivity index (χ1n) is 3.84. The van der Waals surface area contributed by atoms with Crippen molar-refractivity contribution < 1.29 is 0 Å². The molecular weight excluding hydrogens is 152 g/mol. The summed E-state index contributed by atoms with van der Waals surface area (Å²) in [6, 6.07) is 1.85. The Balaban J connectivity index is 2.86. The van der Waals surface area contributed by atoms with Gasteiger partial charge in [-0.15, -0.1) is 0 Å². The SMILES string of the molecule is CC(N)c1cnn(C(C)C#N)c1. The molecule has 0 amide bonds. The van der Waals surface area contributed by atoms with Crippen molar-refractivity contribution in [3.8, 4) is 6.07 Å². The maximum Gasteiger partial charge on any atom is 0.135 e. The van der Waals surface area contributed by atoms with E-state index in [9.17, 15) is 0 Å². The Kier molecular flexibility index (Phi) is 2.46. The molecule has 1 aromatic rings. The third-order valence-corrected chi connectivity index (χ3v) is 1.73. The van der Waals surface area contributed by atoms with Crippen molar-refractivity contribution in [2.75, 3.05) is 0 Å². The topological polar surface area (TPSA) is 67.6 Å². The zero-order chi connectivity index (χ0) is 9.14. The second kappa shape index (κ2) is 3.37. The van der Waals surface area contributed by atoms with E-state index in [1.807, 2.05) is 6.92 Å². The highest BCUT2D eigenvalue weighted by molar-refractivity contribution is 5.09. The van der Waals surface area contributed by atoms with E-state index >= 15 is 0 Å². The van der Waals surface area contributed by atoms with Crippen LogP contribution in [0.2, 0.25) is 0 Å². The van der Waals surface area contributed by atoms with Crippen molar-refractivity contribution >= 4 is 0 Å². The molecule has 0 saturated carbocycles. The van der Waals surface area contributed by atoms with Crippen LogP contribution in [0, 0.1) is 11.3 Å². The van der Waals surface area contributed by atoms with Gasteiger partial charge in [-0.25, -0.2) is 0 Å². The van der Waals surface area contributed by atoms with E-state index < -0.39 is 0 Å². The average molecular weight is 164 g/mol. The lowest BCUT2D eigenvalue weighted by Gasteiger charge is -2.01. The first-order valence-corrected chi connectivity index (χ1v) is 3.84. The smallest absolute Gasteiger partial charge is 0.135 e. The quantitative estimate of drug-likeness (QED) is 0.708. The van der Waals surface area contributed by atoms with Gasteiger partial charge in [0.15, 0.2) is 0 Å². The molecule has 0 aliphatic rings. The van der Waals surface area contributed by atoms with E-state index in [1.54, 1.807) is 24.0 Å². The number of aromatic nitrogens is 2. The number of nitrogens with zero attached hydrogens (tertiary/aromatic N) is 3. The van der Waals surface area contributed by atoms with Crippen LogP contribution in [0.4, 0.5) is 0 Å². The highest BCUT2D eigenvalue weighted by Crippen LogP contribution is 2.10. The average Bonchev–Trinajstić information content (AvgIpc) is 2.51. The van der Waals surface area contributed by atoms with Gasteiger partial charge in [0, 0.05) is 17.8 Å². The summed E-state index contributed by atoms with van der Waals surface area (Å²) < 4.78 is 1.61. The Labute approximate surface area is 71.6 Å². The summed E-state index contributed by atoms with van der Waals surface area (Å²) in [5.74, 6) is 0. The third kappa shape index (κ3) is 1.63. The maximum absolute atomic E-state index is 8.59. The van der Waals surface area contributed by atoms with Gasteiger partial charge < -0.3 is 5.73 Å². The predicted octanol–water partition coefficient (Wildman–Crippen LogP) is 0.987. The van der Waals surface area contributed by atoms with Crippen molar-refractivity contribution in [1.82, 2.24) is 9.78 Å². The lowest BCUT2D eigenvalue weighted by atomic mass is 10.2. The molecule has 2 unspecified atom stereocenters. The van der Waals surface area contributed by atoms with Gasteiger partial charge in [0.1, 0.15) is 6.04 Å². The summed E-state index contributed by atoms with van der Waals surface area (Å²) in [4.78, 5) is 0. The first kappa shape index (κ1) is 8.75. The van der Waals surface area contributed by atoms with Crippen molar-refractivity contribution in [2.24, 2.45) is 5.73 Å². The summed E-state index contributed by atoms with van der Waals surface area (Å²) in [5, 5.41) is 12.6. The van der Waals surface area contributed by atoms with Gasteiger partial charge in [0.25, 0.3) is 0 Å². The van der Waals surface area contributed by atoms with Crippen LogP contribution >= 0.6 is 0 Å². The molecule has 64 valence electrons. The third-order valence-electron chi connectivity index (χ3n) is 1.73. The van der Waals surface area contributed by atoms with Gasteiger partial charge in [-0.3, -0.25) is 4.68 Å². The van der Waals surface area contributed by atoms with Crippen molar-refractivity contribution in [3.63, 3.8) is 0 Å². The Morgan fingerprint density at radius 2 is 2.33 bits per heavy atom. The minimum absolute atomic E-state index is 0.0235. The van der Waals surface area contributed by atoms with E-state index in [0.29, 0.717) is 0 Å². The molecule has 0 saturated heterocycles. The molecule has 1 rings (SSSR count). The first-order chi connectivity index (χ1) is 5.65. The van der Waals surface area contributed by atoms with Crippen molar-refractivity contribution in [1.29, 1.82) is 5.26 Å². The predicted molar refractivity (Wildman–Crippen MR) is 45.2 cm³/mol. The second-order valence-electron chi connectivity index (χ2n) is 2.85. The Hall–Kier alpha value is -1.34. The molecule has 4 nitrogen and oxygen atoms in total. The molecule has 0 aromatic carbocycles. The van der Waals surface area contributed by atoms with Crippen molar-refractivity contribution in [3.05, 3.63) is 18.0 Å². The number of nitrogens with two attached hydrogens (primary N) is 1. The van der Waals surface area contributed by atoms with Crippen LogP contribution in [0.1, 0.15) is 31.5 Å². The van der Waals surface area contributed by atoms with Gasteiger partial charge in [0.05, 0.1) is 12.3 Å². The van der Waals surface area contributed by atoms with E-state index in [2.05, 4.69) is 11.2 Å². The summed E-state index contributed by atoms with van der Waals surface area (Å²) in [6.45, 7) is 3.68. The fraction of sp³-hybridized carbons (Fsp3) is 0.500. The van der Waals surface area contributed by atoms with Gasteiger partial charge in [-0.2, -0.15) is 10.4 Å². The van der Waals surface area contributed by atoms with E-state index in [-0.39, 0.29) is 12.1 Å². The van der Waals surface area contributed by atoms with Gasteiger partial charge >= 0.3 is 0 Å². The maximum atomic E-state index is 8.59. The molecule has 1 heterocycles. The van der Waals surface area contributed by atoms with E-state index in [4.69, 9.17) is 11.0 Å². The van der Waals surface area contributed by atoms with Crippen LogP contribution in [0.25, 0.3) is 0 Å². The number of rotatable bonds is 2. The fourth-order valence-electron chi connectivity index (χ4n) is 0.859. The molecule has 2 N–H and O–H groups in total. The summed E-state index contributed by atoms with van der Waals surface area (Å²) >= 11 is 0. The molecule has 0 aliphatic heterocycles. The van der Waals surface area contributed by atoms with Crippen molar-refractivity contribution in [2.45, 2.75) is 25.9 Å². The van der Waals surface area contributed by atoms with Crippen LogP contribution in [-0.2, 0) is 0 Å². The van der Waals surface area contributed by atoms with Gasteiger partial charge in [-0.1, -0.05) is 0 Å². The molecule has 4 heteroatoms. The molecular formula is C8H12N4. The summed E-state index contributed by atoms with van der Waals surface area (Å²) in [7, 11) is 0. The highest BCUT2D eigenvalue weighted by atomic mass is 15.3. The van der Waals surface area contributed by atoms with Crippen LogP contribution < -0.4 is 5.73 Å². The van der Waals surface area contributed by atoms with Gasteiger partial charge in [-0.05, 0) is 13.8 Å². The van der Waals surface area contributed by atoms with Gasteiger partial charge in [0.2, 0.25) is 0 Å². The normalized spacial score (nSPS) is 15.2. The number of hydrogen-bond donors (Lipinski definition) is 1. The number of hydrogen-bond acceptors (Lipinski definition) is 3. The lowest BCUT2D eigenvalue weighted by Crippen LogP contribution is -2.05. The molecule has 12 heavy (non-hydrogen) atoms. The number of nitriles is 1. The van der Waals surface area contributed by atoms with Crippen LogP contribution in [-0.4, -0.2) is 9.78 Å². The zero-order valence-corrected chi connectivity index (χ0v) is 7.23. The second-order valence-corrected chi connectivity index (χ2v) is 2.85. The van der Waals surface area contributed by atoms with Crippen LogP contribution in [0.15, 0.2) is 12.4 Å². The zero-order valence-electron chi connectivity index (χ0n) is 7.23. The Bertz CT molecular complexity index is 294. The molecule has 0 spiro atoms. The Morgan fingerprint density at radius 3 is 2.75 bits per heavy atom. The molecule has 2 atom stereocenters. The fourth-order valence-corrected chi connectivity index (χ4v) is 0.859. The lowest BCUT2D eigenvalue weighted by molar-refractivity contribution is 0.590. The summed E-state index contributed by atoms with van der Waals surface area (Å²) in [5.41, 5.74) is 6.59. The van der Waals surface area contributed by atoms with E-state index in [0.717, 1.165) is 5.56 Å². The Morgan fingerprint density at radius 1 is 1.67 bits per heavy atom. The largest absolute Gasteiger partial charge is 0.324 e. The molecule has 0 radical (unpaired) electrons. The molecule has 0 fully saturated rings. The van der Waals surface area contributed by atoms with Crippen LogP contribution in [0.5, 0.6) is 0 Å². The summed E-state index contributed by atoms with van der Waals surface area (Å²) in [6.07, 6.45) is 3.50. The van der Waals surface area contributed by atoms with E-state index in [1.165, 1.54) is 0 Å². The molecule has 0 aliphatic carbocycles. The standard InChI is InChI=1S/C8H12N4/c1-6(3-9)12-5-8(4-11-12)7(2)10/h4-7H,10H2,1-2H3. The monoisotopic (exact) mass is 164 g/mol. The minimum atomic E-state index is -0.225. The minimum Gasteiger partial charge on any atom is -0.324 e.